The summed E-state index contributed by atoms with van der Waals surface area (Å²) in [7, 11) is -3.98. The lowest BCUT2D eigenvalue weighted by atomic mass is 9.95. The van der Waals surface area contributed by atoms with Gasteiger partial charge in [0.1, 0.15) is 18.2 Å². The van der Waals surface area contributed by atoms with Crippen molar-refractivity contribution in [1.29, 1.82) is 0 Å². The third-order valence-corrected chi connectivity index (χ3v) is 8.38. The van der Waals surface area contributed by atoms with Crippen molar-refractivity contribution in [3.63, 3.8) is 0 Å². The molecule has 222 valence electrons. The molecule has 14 heteroatoms. The summed E-state index contributed by atoms with van der Waals surface area (Å²) < 4.78 is 136. The van der Waals surface area contributed by atoms with E-state index in [9.17, 15) is 39.6 Å². The summed E-state index contributed by atoms with van der Waals surface area (Å²) >= 11 is 0. The van der Waals surface area contributed by atoms with E-state index in [1.54, 1.807) is 0 Å². The van der Waals surface area contributed by atoms with E-state index < -0.39 is 98.4 Å². The third kappa shape index (κ3) is 6.81. The number of benzene rings is 2. The van der Waals surface area contributed by atoms with Crippen molar-refractivity contribution in [1.82, 2.24) is 0 Å². The number of fused-ring (bicyclic) bond motifs is 1. The minimum Gasteiger partial charge on any atom is -0.492 e. The molecular formula is C26H28F7NO5S. The maximum absolute atomic E-state index is 15.6. The van der Waals surface area contributed by atoms with E-state index in [2.05, 4.69) is 4.74 Å². The fourth-order valence-electron chi connectivity index (χ4n) is 4.24. The fraction of sp³-hybridized carbons (Fsp3) is 0.500. The summed E-state index contributed by atoms with van der Waals surface area (Å²) in [6.07, 6.45) is -6.59. The SMILES string of the molecule is COC(=O)C(C)(C)COc1cc2c(cc1C(F)(F)F)N(c1ccc(F)cc1)C[C@H](CCC(C)(F)F)[C@@H](F)S2(=O)=O. The molecule has 0 N–H and O–H groups in total. The van der Waals surface area contributed by atoms with Crippen LogP contribution in [-0.2, 0) is 25.5 Å². The molecule has 3 rings (SSSR count). The lowest BCUT2D eigenvalue weighted by Gasteiger charge is -2.29. The minimum absolute atomic E-state index is 0.00817. The van der Waals surface area contributed by atoms with E-state index in [4.69, 9.17) is 4.74 Å². The van der Waals surface area contributed by atoms with Crippen LogP contribution in [-0.4, -0.2) is 46.1 Å². The molecule has 2 aromatic rings. The molecule has 6 nitrogen and oxygen atoms in total. The van der Waals surface area contributed by atoms with Gasteiger partial charge in [0.05, 0.1) is 28.7 Å². The molecule has 0 amide bonds. The van der Waals surface area contributed by atoms with Gasteiger partial charge in [-0.3, -0.25) is 4.79 Å². The summed E-state index contributed by atoms with van der Waals surface area (Å²) in [5.74, 6) is -7.35. The van der Waals surface area contributed by atoms with Gasteiger partial charge in [0.25, 0.3) is 0 Å². The molecule has 2 atom stereocenters. The van der Waals surface area contributed by atoms with Gasteiger partial charge in [-0.25, -0.2) is 26.0 Å². The highest BCUT2D eigenvalue weighted by Gasteiger charge is 2.45. The summed E-state index contributed by atoms with van der Waals surface area (Å²) in [5.41, 5.74) is -6.21. The number of hydrogen-bond acceptors (Lipinski definition) is 6. The molecule has 2 aromatic carbocycles. The molecule has 0 saturated heterocycles. The number of anilines is 2. The van der Waals surface area contributed by atoms with Crippen LogP contribution in [0.2, 0.25) is 0 Å². The summed E-state index contributed by atoms with van der Waals surface area (Å²) in [6, 6.07) is 5.20. The first-order chi connectivity index (χ1) is 18.3. The van der Waals surface area contributed by atoms with Gasteiger partial charge in [0.2, 0.25) is 21.3 Å². The molecule has 0 radical (unpaired) electrons. The Labute approximate surface area is 227 Å². The van der Waals surface area contributed by atoms with Gasteiger partial charge in [0, 0.05) is 30.6 Å². The second-order valence-corrected chi connectivity index (χ2v) is 12.3. The molecule has 1 aliphatic rings. The first-order valence-corrected chi connectivity index (χ1v) is 13.6. The maximum Gasteiger partial charge on any atom is 0.420 e. The predicted octanol–water partition coefficient (Wildman–Crippen LogP) is 6.70. The monoisotopic (exact) mass is 599 g/mol. The second kappa shape index (κ2) is 11.1. The molecule has 0 spiro atoms. The number of carbonyl (C=O) groups is 1. The number of methoxy groups -OCH3 is 1. The highest BCUT2D eigenvalue weighted by molar-refractivity contribution is 7.92. The van der Waals surface area contributed by atoms with Crippen LogP contribution in [0.15, 0.2) is 41.3 Å². The summed E-state index contributed by atoms with van der Waals surface area (Å²) in [4.78, 5) is 12.1. The average molecular weight is 600 g/mol. The molecule has 0 bridgehead atoms. The molecular weight excluding hydrogens is 571 g/mol. The number of halogens is 7. The van der Waals surface area contributed by atoms with Crippen LogP contribution in [0.1, 0.15) is 39.2 Å². The summed E-state index contributed by atoms with van der Waals surface area (Å²) in [5, 5.41) is 0. The van der Waals surface area contributed by atoms with Crippen LogP contribution < -0.4 is 9.64 Å². The maximum atomic E-state index is 15.6. The Morgan fingerprint density at radius 3 is 2.17 bits per heavy atom. The number of nitrogens with zero attached hydrogens (tertiary/aromatic N) is 1. The first-order valence-electron chi connectivity index (χ1n) is 12.0. The van der Waals surface area contributed by atoms with E-state index >= 15 is 4.39 Å². The van der Waals surface area contributed by atoms with E-state index in [1.165, 1.54) is 13.8 Å². The average Bonchev–Trinajstić information content (AvgIpc) is 2.93. The van der Waals surface area contributed by atoms with Gasteiger partial charge in [-0.05, 0) is 57.5 Å². The Bertz CT molecular complexity index is 1340. The lowest BCUT2D eigenvalue weighted by molar-refractivity contribution is -0.152. The Hall–Kier alpha value is -3.03. The number of rotatable bonds is 8. The second-order valence-electron chi connectivity index (χ2n) is 10.3. The van der Waals surface area contributed by atoms with Gasteiger partial charge < -0.3 is 14.4 Å². The van der Waals surface area contributed by atoms with Crippen LogP contribution >= 0.6 is 0 Å². The summed E-state index contributed by atoms with van der Waals surface area (Å²) in [6.45, 7) is 1.98. The van der Waals surface area contributed by atoms with Gasteiger partial charge in [0.15, 0.2) is 0 Å². The standard InChI is InChI=1S/C26H28F7NO5S/c1-24(2,23(35)38-4)14-39-20-12-21-19(11-18(20)26(31,32)33)34(17-7-5-16(27)6-8-17)13-15(9-10-25(3,29)30)22(28)40(21,36)37/h5-8,11-12,15,22H,9-10,13-14H2,1-4H3/t15-,22-/m0/s1. The Balaban J connectivity index is 2.25. The molecule has 1 heterocycles. The zero-order valence-corrected chi connectivity index (χ0v) is 22.8. The number of hydrogen-bond donors (Lipinski definition) is 0. The number of carbonyl (C=O) groups excluding carboxylic acids is 1. The predicted molar refractivity (Wildman–Crippen MR) is 132 cm³/mol. The molecule has 40 heavy (non-hydrogen) atoms. The molecule has 0 saturated carbocycles. The Morgan fingerprint density at radius 1 is 1.05 bits per heavy atom. The third-order valence-electron chi connectivity index (χ3n) is 6.47. The van der Waals surface area contributed by atoms with E-state index in [-0.39, 0.29) is 5.69 Å². The van der Waals surface area contributed by atoms with Crippen LogP contribution in [0, 0.1) is 17.2 Å². The van der Waals surface area contributed by atoms with E-state index in [0.29, 0.717) is 19.1 Å². The van der Waals surface area contributed by atoms with Crippen molar-refractivity contribution in [2.24, 2.45) is 11.3 Å². The van der Waals surface area contributed by atoms with Crippen molar-refractivity contribution < 1.29 is 53.4 Å². The van der Waals surface area contributed by atoms with Crippen LogP contribution in [0.25, 0.3) is 0 Å². The minimum atomic E-state index is -5.09. The Morgan fingerprint density at radius 2 is 1.65 bits per heavy atom. The molecule has 0 unspecified atom stereocenters. The van der Waals surface area contributed by atoms with Crippen molar-refractivity contribution in [2.75, 3.05) is 25.2 Å². The van der Waals surface area contributed by atoms with Crippen molar-refractivity contribution in [2.45, 2.75) is 56.1 Å². The van der Waals surface area contributed by atoms with Crippen LogP contribution in [0.5, 0.6) is 5.75 Å². The highest BCUT2D eigenvalue weighted by atomic mass is 32.2. The van der Waals surface area contributed by atoms with Crippen molar-refractivity contribution >= 4 is 27.2 Å². The quantitative estimate of drug-likeness (QED) is 0.249. The topological polar surface area (TPSA) is 72.9 Å². The number of ether oxygens (including phenoxy) is 2. The number of sulfone groups is 1. The molecule has 0 aliphatic carbocycles. The van der Waals surface area contributed by atoms with Gasteiger partial charge in [-0.15, -0.1) is 0 Å². The molecule has 1 aliphatic heterocycles. The molecule has 0 aromatic heterocycles. The largest absolute Gasteiger partial charge is 0.492 e. The smallest absolute Gasteiger partial charge is 0.420 e. The van der Waals surface area contributed by atoms with Crippen LogP contribution in [0.4, 0.5) is 42.1 Å². The van der Waals surface area contributed by atoms with E-state index in [0.717, 1.165) is 36.3 Å². The van der Waals surface area contributed by atoms with Gasteiger partial charge in [-0.1, -0.05) is 0 Å². The lowest BCUT2D eigenvalue weighted by Crippen LogP contribution is -2.32. The fourth-order valence-corrected chi connectivity index (χ4v) is 5.94. The first kappa shape index (κ1) is 31.5. The number of esters is 1. The number of alkyl halides is 6. The van der Waals surface area contributed by atoms with Crippen molar-refractivity contribution in [3.8, 4) is 5.75 Å². The highest BCUT2D eigenvalue weighted by Crippen LogP contribution is 2.47. The molecule has 0 fully saturated rings. The zero-order chi connectivity index (χ0) is 30.3. The van der Waals surface area contributed by atoms with Crippen molar-refractivity contribution in [3.05, 3.63) is 47.8 Å². The van der Waals surface area contributed by atoms with Gasteiger partial charge >= 0.3 is 12.1 Å². The van der Waals surface area contributed by atoms with E-state index in [1.807, 2.05) is 0 Å². The van der Waals surface area contributed by atoms with Crippen LogP contribution in [0.3, 0.4) is 0 Å². The zero-order valence-electron chi connectivity index (χ0n) is 22.0. The normalized spacial score (nSPS) is 19.5. The van der Waals surface area contributed by atoms with Gasteiger partial charge in [-0.2, -0.15) is 13.2 Å². The Kier molecular flexibility index (Phi) is 8.74.